The summed E-state index contributed by atoms with van der Waals surface area (Å²) >= 11 is 5.86. The average molecular weight is 297 g/mol. The Labute approximate surface area is 123 Å². The van der Waals surface area contributed by atoms with E-state index in [-0.39, 0.29) is 12.5 Å². The summed E-state index contributed by atoms with van der Waals surface area (Å²) in [5, 5.41) is 0.645. The fourth-order valence-electron chi connectivity index (χ4n) is 2.08. The maximum atomic E-state index is 12.0. The molecular weight excluding hydrogens is 280 g/mol. The molecule has 1 heterocycles. The Morgan fingerprint density at radius 1 is 1.35 bits per heavy atom. The van der Waals surface area contributed by atoms with Crippen molar-refractivity contribution in [3.8, 4) is 5.75 Å². The molecule has 6 heteroatoms. The van der Waals surface area contributed by atoms with Crippen LogP contribution in [-0.2, 0) is 9.59 Å². The van der Waals surface area contributed by atoms with Crippen LogP contribution in [-0.4, -0.2) is 54.9 Å². The van der Waals surface area contributed by atoms with Gasteiger partial charge in [-0.25, -0.2) is 0 Å². The number of piperazine rings is 1. The lowest BCUT2D eigenvalue weighted by atomic mass is 10.2. The molecule has 1 fully saturated rings. The first-order valence-electron chi connectivity index (χ1n) is 6.46. The smallest absolute Gasteiger partial charge is 0.260 e. The first kappa shape index (κ1) is 14.7. The Balaban J connectivity index is 1.85. The van der Waals surface area contributed by atoms with Gasteiger partial charge in [-0.3, -0.25) is 9.59 Å². The molecule has 1 aromatic carbocycles. The first-order valence-corrected chi connectivity index (χ1v) is 6.84. The molecule has 1 saturated heterocycles. The number of ether oxygens (including phenoxy) is 1. The second kappa shape index (κ2) is 6.61. The van der Waals surface area contributed by atoms with E-state index in [0.717, 1.165) is 12.0 Å². The van der Waals surface area contributed by atoms with Gasteiger partial charge < -0.3 is 14.5 Å². The van der Waals surface area contributed by atoms with Crippen LogP contribution in [0.4, 0.5) is 0 Å². The zero-order valence-electron chi connectivity index (χ0n) is 11.3. The fraction of sp³-hybridized carbons (Fsp3) is 0.429. The van der Waals surface area contributed by atoms with Crippen LogP contribution >= 0.6 is 11.6 Å². The summed E-state index contributed by atoms with van der Waals surface area (Å²) in [5.41, 5.74) is 0.899. The monoisotopic (exact) mass is 296 g/mol. The summed E-state index contributed by atoms with van der Waals surface area (Å²) < 4.78 is 5.53. The van der Waals surface area contributed by atoms with Gasteiger partial charge in [0.1, 0.15) is 5.75 Å². The predicted octanol–water partition coefficient (Wildman–Crippen LogP) is 1.33. The summed E-state index contributed by atoms with van der Waals surface area (Å²) in [5.74, 6) is 0.596. The Morgan fingerprint density at radius 2 is 2.05 bits per heavy atom. The van der Waals surface area contributed by atoms with Gasteiger partial charge in [0, 0.05) is 31.2 Å². The number of hydrogen-bond acceptors (Lipinski definition) is 3. The highest BCUT2D eigenvalue weighted by molar-refractivity contribution is 6.30. The number of halogens is 1. The Kier molecular flexibility index (Phi) is 4.84. The van der Waals surface area contributed by atoms with Crippen molar-refractivity contribution in [3.05, 3.63) is 28.8 Å². The van der Waals surface area contributed by atoms with Crippen LogP contribution < -0.4 is 4.74 Å². The zero-order chi connectivity index (χ0) is 14.5. The van der Waals surface area contributed by atoms with Gasteiger partial charge in [0.05, 0.1) is 0 Å². The van der Waals surface area contributed by atoms with Crippen LogP contribution in [0.25, 0.3) is 0 Å². The van der Waals surface area contributed by atoms with E-state index in [1.54, 1.807) is 28.0 Å². The lowest BCUT2D eigenvalue weighted by Gasteiger charge is -2.32. The van der Waals surface area contributed by atoms with Crippen molar-refractivity contribution in [2.75, 3.05) is 32.8 Å². The van der Waals surface area contributed by atoms with E-state index in [2.05, 4.69) is 0 Å². The number of amides is 2. The number of aryl methyl sites for hydroxylation is 1. The van der Waals surface area contributed by atoms with Crippen LogP contribution in [0.3, 0.4) is 0 Å². The second-order valence-electron chi connectivity index (χ2n) is 4.72. The van der Waals surface area contributed by atoms with E-state index in [4.69, 9.17) is 16.3 Å². The van der Waals surface area contributed by atoms with E-state index in [1.807, 2.05) is 6.92 Å². The lowest BCUT2D eigenvalue weighted by Crippen LogP contribution is -2.49. The number of hydrogen-bond donors (Lipinski definition) is 0. The number of carbonyl (C=O) groups excluding carboxylic acids is 2. The van der Waals surface area contributed by atoms with Crippen LogP contribution in [0.2, 0.25) is 5.02 Å². The Bertz CT molecular complexity index is 499. The van der Waals surface area contributed by atoms with E-state index in [0.29, 0.717) is 37.0 Å². The van der Waals surface area contributed by atoms with Gasteiger partial charge in [-0.1, -0.05) is 11.6 Å². The van der Waals surface area contributed by atoms with E-state index < -0.39 is 0 Å². The Hall–Kier alpha value is -1.75. The highest BCUT2D eigenvalue weighted by Crippen LogP contribution is 2.21. The number of nitrogens with zero attached hydrogens (tertiary/aromatic N) is 2. The third-order valence-corrected chi connectivity index (χ3v) is 3.54. The number of rotatable bonds is 4. The zero-order valence-corrected chi connectivity index (χ0v) is 12.1. The van der Waals surface area contributed by atoms with Crippen molar-refractivity contribution < 1.29 is 14.3 Å². The summed E-state index contributed by atoms with van der Waals surface area (Å²) in [7, 11) is 0. The predicted molar refractivity (Wildman–Crippen MR) is 75.9 cm³/mol. The van der Waals surface area contributed by atoms with Crippen molar-refractivity contribution in [1.29, 1.82) is 0 Å². The van der Waals surface area contributed by atoms with Crippen molar-refractivity contribution >= 4 is 23.9 Å². The van der Waals surface area contributed by atoms with Gasteiger partial charge in [0.25, 0.3) is 5.91 Å². The van der Waals surface area contributed by atoms with E-state index in [1.165, 1.54) is 0 Å². The molecule has 20 heavy (non-hydrogen) atoms. The SMILES string of the molecule is Cc1cc(Cl)ccc1OCC(=O)N1CCN(C=O)CC1. The van der Waals surface area contributed by atoms with Crippen LogP contribution in [0, 0.1) is 6.92 Å². The molecule has 5 nitrogen and oxygen atoms in total. The van der Waals surface area contributed by atoms with Gasteiger partial charge in [0.15, 0.2) is 6.61 Å². The maximum absolute atomic E-state index is 12.0. The number of carbonyl (C=O) groups is 2. The molecule has 0 atom stereocenters. The lowest BCUT2D eigenvalue weighted by molar-refractivity contribution is -0.137. The molecule has 2 rings (SSSR count). The minimum Gasteiger partial charge on any atom is -0.483 e. The van der Waals surface area contributed by atoms with Crippen molar-refractivity contribution in [1.82, 2.24) is 9.80 Å². The summed E-state index contributed by atoms with van der Waals surface area (Å²) in [6, 6.07) is 5.29. The molecule has 1 aromatic rings. The third-order valence-electron chi connectivity index (χ3n) is 3.30. The maximum Gasteiger partial charge on any atom is 0.260 e. The van der Waals surface area contributed by atoms with Crippen LogP contribution in [0.1, 0.15) is 5.56 Å². The minimum atomic E-state index is -0.0649. The van der Waals surface area contributed by atoms with Crippen molar-refractivity contribution in [2.24, 2.45) is 0 Å². The molecular formula is C14H17ClN2O3. The minimum absolute atomic E-state index is 0.00353. The Morgan fingerprint density at radius 3 is 2.65 bits per heavy atom. The van der Waals surface area contributed by atoms with Gasteiger partial charge in [-0.15, -0.1) is 0 Å². The average Bonchev–Trinajstić information content (AvgIpc) is 2.46. The largest absolute Gasteiger partial charge is 0.483 e. The van der Waals surface area contributed by atoms with Gasteiger partial charge in [-0.2, -0.15) is 0 Å². The normalized spacial score (nSPS) is 15.1. The molecule has 1 aliphatic rings. The summed E-state index contributed by atoms with van der Waals surface area (Å²) in [6.45, 7) is 4.16. The highest BCUT2D eigenvalue weighted by Gasteiger charge is 2.20. The summed E-state index contributed by atoms with van der Waals surface area (Å²) in [4.78, 5) is 26.0. The van der Waals surface area contributed by atoms with Crippen molar-refractivity contribution in [3.63, 3.8) is 0 Å². The molecule has 2 amide bonds. The molecule has 0 spiro atoms. The topological polar surface area (TPSA) is 49.9 Å². The molecule has 1 aliphatic heterocycles. The molecule has 0 radical (unpaired) electrons. The molecule has 0 N–H and O–H groups in total. The first-order chi connectivity index (χ1) is 9.60. The third kappa shape index (κ3) is 3.63. The highest BCUT2D eigenvalue weighted by atomic mass is 35.5. The molecule has 0 saturated carbocycles. The molecule has 0 unspecified atom stereocenters. The molecule has 0 aliphatic carbocycles. The quantitative estimate of drug-likeness (QED) is 0.788. The van der Waals surface area contributed by atoms with Gasteiger partial charge >= 0.3 is 0 Å². The van der Waals surface area contributed by atoms with Crippen molar-refractivity contribution in [2.45, 2.75) is 6.92 Å². The van der Waals surface area contributed by atoms with Crippen LogP contribution in [0.15, 0.2) is 18.2 Å². The molecule has 0 bridgehead atoms. The van der Waals surface area contributed by atoms with Crippen LogP contribution in [0.5, 0.6) is 5.75 Å². The number of benzene rings is 1. The molecule has 108 valence electrons. The summed E-state index contributed by atoms with van der Waals surface area (Å²) in [6.07, 6.45) is 0.815. The second-order valence-corrected chi connectivity index (χ2v) is 5.16. The van der Waals surface area contributed by atoms with E-state index >= 15 is 0 Å². The van der Waals surface area contributed by atoms with E-state index in [9.17, 15) is 9.59 Å². The van der Waals surface area contributed by atoms with Gasteiger partial charge in [0.2, 0.25) is 6.41 Å². The molecule has 0 aromatic heterocycles. The fourth-order valence-corrected chi connectivity index (χ4v) is 2.31. The van der Waals surface area contributed by atoms with Gasteiger partial charge in [-0.05, 0) is 30.7 Å². The standard InChI is InChI=1S/C14H17ClN2O3/c1-11-8-12(15)2-3-13(11)20-9-14(19)17-6-4-16(10-18)5-7-17/h2-3,8,10H,4-7,9H2,1H3.